The Kier molecular flexibility index (Phi) is 4.95. The first-order valence-electron chi connectivity index (χ1n) is 7.57. The molecule has 0 unspecified atom stereocenters. The second-order valence-electron chi connectivity index (χ2n) is 5.51. The van der Waals surface area contributed by atoms with Gasteiger partial charge in [-0.2, -0.15) is 0 Å². The molecule has 6 heteroatoms. The maximum Gasteiger partial charge on any atom is 0.274 e. The highest BCUT2D eigenvalue weighted by atomic mass is 35.5. The molecular formula is C19H15ClFN3O. The van der Waals surface area contributed by atoms with Crippen molar-refractivity contribution >= 4 is 34.6 Å². The highest BCUT2D eigenvalue weighted by molar-refractivity contribution is 6.31. The quantitative estimate of drug-likeness (QED) is 0.678. The molecule has 1 aromatic heterocycles. The summed E-state index contributed by atoms with van der Waals surface area (Å²) in [5.41, 5.74) is 3.28. The van der Waals surface area contributed by atoms with Gasteiger partial charge >= 0.3 is 0 Å². The first-order valence-corrected chi connectivity index (χ1v) is 7.95. The smallest absolute Gasteiger partial charge is 0.274 e. The average molecular weight is 356 g/mol. The molecule has 1 amide bonds. The normalized spacial score (nSPS) is 10.4. The molecule has 2 aromatic carbocycles. The minimum Gasteiger partial charge on any atom is -0.355 e. The first kappa shape index (κ1) is 16.9. The van der Waals surface area contributed by atoms with Crippen LogP contribution in [0.2, 0.25) is 5.02 Å². The highest BCUT2D eigenvalue weighted by Gasteiger charge is 2.09. The molecule has 1 heterocycles. The zero-order valence-corrected chi connectivity index (χ0v) is 14.1. The van der Waals surface area contributed by atoms with Crippen LogP contribution in [0.15, 0.2) is 60.8 Å². The molecule has 25 heavy (non-hydrogen) atoms. The Morgan fingerprint density at radius 2 is 1.84 bits per heavy atom. The molecule has 3 rings (SSSR count). The monoisotopic (exact) mass is 355 g/mol. The van der Waals surface area contributed by atoms with Crippen molar-refractivity contribution in [1.82, 2.24) is 4.98 Å². The van der Waals surface area contributed by atoms with Gasteiger partial charge in [0.2, 0.25) is 0 Å². The number of carbonyl (C=O) groups is 1. The summed E-state index contributed by atoms with van der Waals surface area (Å²) in [5, 5.41) is 5.90. The summed E-state index contributed by atoms with van der Waals surface area (Å²) < 4.78 is 13.2. The van der Waals surface area contributed by atoms with Crippen LogP contribution in [-0.2, 0) is 0 Å². The standard InChI is InChI=1S/C19H15ClFN3O/c1-12-3-2-4-13(9-12)24-19(25)18-11-15(7-8-22-18)23-14-5-6-17(21)16(20)10-14/h2-11H,1H3,(H,22,23)(H,24,25). The van der Waals surface area contributed by atoms with Crippen LogP contribution in [0.25, 0.3) is 0 Å². The van der Waals surface area contributed by atoms with Crippen LogP contribution in [-0.4, -0.2) is 10.9 Å². The number of nitrogens with one attached hydrogen (secondary N) is 2. The van der Waals surface area contributed by atoms with Crippen molar-refractivity contribution in [3.63, 3.8) is 0 Å². The second-order valence-corrected chi connectivity index (χ2v) is 5.91. The Morgan fingerprint density at radius 3 is 2.60 bits per heavy atom. The minimum atomic E-state index is -0.486. The Hall–Kier alpha value is -2.92. The molecule has 0 aliphatic heterocycles. The maximum absolute atomic E-state index is 13.2. The van der Waals surface area contributed by atoms with Gasteiger partial charge in [-0.3, -0.25) is 9.78 Å². The van der Waals surface area contributed by atoms with Gasteiger partial charge in [-0.15, -0.1) is 0 Å². The van der Waals surface area contributed by atoms with Gasteiger partial charge in [0.25, 0.3) is 5.91 Å². The molecule has 0 atom stereocenters. The number of hydrogen-bond acceptors (Lipinski definition) is 3. The van der Waals surface area contributed by atoms with E-state index < -0.39 is 5.82 Å². The van der Waals surface area contributed by atoms with E-state index in [-0.39, 0.29) is 16.6 Å². The summed E-state index contributed by atoms with van der Waals surface area (Å²) in [6, 6.07) is 15.1. The van der Waals surface area contributed by atoms with Crippen molar-refractivity contribution in [3.8, 4) is 0 Å². The zero-order valence-electron chi connectivity index (χ0n) is 13.4. The fourth-order valence-electron chi connectivity index (χ4n) is 2.29. The number of aryl methyl sites for hydroxylation is 1. The van der Waals surface area contributed by atoms with Crippen LogP contribution >= 0.6 is 11.6 Å². The largest absolute Gasteiger partial charge is 0.355 e. The molecule has 0 fully saturated rings. The van der Waals surface area contributed by atoms with E-state index in [2.05, 4.69) is 15.6 Å². The van der Waals surface area contributed by atoms with E-state index in [9.17, 15) is 9.18 Å². The van der Waals surface area contributed by atoms with Gasteiger partial charge in [-0.25, -0.2) is 4.39 Å². The maximum atomic E-state index is 13.2. The van der Waals surface area contributed by atoms with Crippen LogP contribution in [0.4, 0.5) is 21.5 Å². The molecule has 0 aliphatic rings. The Bertz CT molecular complexity index is 930. The summed E-state index contributed by atoms with van der Waals surface area (Å²) in [4.78, 5) is 16.4. The SMILES string of the molecule is Cc1cccc(NC(=O)c2cc(Nc3ccc(F)c(Cl)c3)ccn2)c1. The average Bonchev–Trinajstić information content (AvgIpc) is 2.58. The summed E-state index contributed by atoms with van der Waals surface area (Å²) in [5.74, 6) is -0.799. The third kappa shape index (κ3) is 4.33. The first-order chi connectivity index (χ1) is 12.0. The van der Waals surface area contributed by atoms with Gasteiger partial charge < -0.3 is 10.6 Å². The predicted molar refractivity (Wildman–Crippen MR) is 98.1 cm³/mol. The van der Waals surface area contributed by atoms with Crippen molar-refractivity contribution in [2.24, 2.45) is 0 Å². The molecule has 0 spiro atoms. The van der Waals surface area contributed by atoms with Crippen molar-refractivity contribution in [2.45, 2.75) is 6.92 Å². The van der Waals surface area contributed by atoms with Crippen LogP contribution in [0.3, 0.4) is 0 Å². The number of hydrogen-bond donors (Lipinski definition) is 2. The predicted octanol–water partition coefficient (Wildman–Crippen LogP) is 5.18. The number of halogens is 2. The van der Waals surface area contributed by atoms with E-state index in [4.69, 9.17) is 11.6 Å². The fraction of sp³-hybridized carbons (Fsp3) is 0.0526. The fourth-order valence-corrected chi connectivity index (χ4v) is 2.47. The number of anilines is 3. The number of carbonyl (C=O) groups excluding carboxylic acids is 1. The Labute approximate surface area is 149 Å². The van der Waals surface area contributed by atoms with E-state index in [0.29, 0.717) is 17.1 Å². The van der Waals surface area contributed by atoms with Crippen molar-refractivity contribution in [3.05, 3.63) is 82.9 Å². The van der Waals surface area contributed by atoms with Crippen LogP contribution in [0.1, 0.15) is 16.1 Å². The lowest BCUT2D eigenvalue weighted by atomic mass is 10.2. The van der Waals surface area contributed by atoms with Crippen molar-refractivity contribution in [2.75, 3.05) is 10.6 Å². The molecule has 0 radical (unpaired) electrons. The lowest BCUT2D eigenvalue weighted by molar-refractivity contribution is 0.102. The summed E-state index contributed by atoms with van der Waals surface area (Å²) in [6.45, 7) is 1.95. The van der Waals surface area contributed by atoms with Gasteiger partial charge in [0, 0.05) is 23.3 Å². The number of rotatable bonds is 4. The number of amides is 1. The second kappa shape index (κ2) is 7.32. The third-order valence-corrected chi connectivity index (χ3v) is 3.77. The minimum absolute atomic E-state index is 0.0245. The number of benzene rings is 2. The molecule has 3 aromatic rings. The highest BCUT2D eigenvalue weighted by Crippen LogP contribution is 2.23. The molecule has 0 saturated heterocycles. The summed E-state index contributed by atoms with van der Waals surface area (Å²) >= 11 is 5.77. The van der Waals surface area contributed by atoms with Crippen LogP contribution in [0, 0.1) is 12.7 Å². The molecule has 126 valence electrons. The van der Waals surface area contributed by atoms with E-state index >= 15 is 0 Å². The van der Waals surface area contributed by atoms with Gasteiger partial charge in [0.1, 0.15) is 11.5 Å². The van der Waals surface area contributed by atoms with E-state index in [1.165, 1.54) is 18.3 Å². The molecule has 4 nitrogen and oxygen atoms in total. The Balaban J connectivity index is 1.76. The zero-order chi connectivity index (χ0) is 17.8. The van der Waals surface area contributed by atoms with Crippen molar-refractivity contribution in [1.29, 1.82) is 0 Å². The molecule has 0 aliphatic carbocycles. The summed E-state index contributed by atoms with van der Waals surface area (Å²) in [6.07, 6.45) is 1.53. The van der Waals surface area contributed by atoms with Gasteiger partial charge in [0.05, 0.1) is 5.02 Å². The Morgan fingerprint density at radius 1 is 1.04 bits per heavy atom. The molecule has 2 N–H and O–H groups in total. The van der Waals surface area contributed by atoms with Gasteiger partial charge in [0.15, 0.2) is 0 Å². The topological polar surface area (TPSA) is 54.0 Å². The van der Waals surface area contributed by atoms with Gasteiger partial charge in [-0.05, 0) is 55.0 Å². The lowest BCUT2D eigenvalue weighted by Crippen LogP contribution is -2.13. The molecule has 0 saturated carbocycles. The number of nitrogens with zero attached hydrogens (tertiary/aromatic N) is 1. The molecular weight excluding hydrogens is 341 g/mol. The van der Waals surface area contributed by atoms with Gasteiger partial charge in [-0.1, -0.05) is 23.7 Å². The molecule has 0 bridgehead atoms. The van der Waals surface area contributed by atoms with E-state index in [1.807, 2.05) is 31.2 Å². The van der Waals surface area contributed by atoms with Crippen LogP contribution < -0.4 is 10.6 Å². The van der Waals surface area contributed by atoms with E-state index in [1.54, 1.807) is 18.2 Å². The van der Waals surface area contributed by atoms with Crippen LogP contribution in [0.5, 0.6) is 0 Å². The number of aromatic nitrogens is 1. The lowest BCUT2D eigenvalue weighted by Gasteiger charge is -2.09. The van der Waals surface area contributed by atoms with E-state index in [0.717, 1.165) is 5.56 Å². The van der Waals surface area contributed by atoms with Crippen molar-refractivity contribution < 1.29 is 9.18 Å². The third-order valence-electron chi connectivity index (χ3n) is 3.48. The number of pyridine rings is 1. The summed E-state index contributed by atoms with van der Waals surface area (Å²) in [7, 11) is 0.